The second-order valence-electron chi connectivity index (χ2n) is 4.44. The van der Waals surface area contributed by atoms with Gasteiger partial charge in [-0.2, -0.15) is 0 Å². The molecule has 0 radical (unpaired) electrons. The molecule has 1 atom stereocenters. The molecule has 2 aliphatic carbocycles. The monoisotopic (exact) mass is 260 g/mol. The van der Waals surface area contributed by atoms with Crippen molar-refractivity contribution in [1.29, 1.82) is 0 Å². The Morgan fingerprint density at radius 1 is 1.05 bits per heavy atom. The normalized spacial score (nSPS) is 23.4. The lowest BCUT2D eigenvalue weighted by Gasteiger charge is -2.18. The molecule has 0 bridgehead atoms. The van der Waals surface area contributed by atoms with Gasteiger partial charge < -0.3 is 0 Å². The maximum atomic E-state index is 2.41. The summed E-state index contributed by atoms with van der Waals surface area (Å²) in [6.45, 7) is 10.2. The molecule has 0 heteroatoms. The SMILES string of the molecule is CC.CC.CC/C=C\C=C1/CC=CC1C1CC=CC1. The van der Waals surface area contributed by atoms with Crippen LogP contribution in [0.4, 0.5) is 0 Å². The second-order valence-corrected chi connectivity index (χ2v) is 4.44. The molecular formula is C19H32. The zero-order valence-corrected chi connectivity index (χ0v) is 13.5. The van der Waals surface area contributed by atoms with Crippen LogP contribution < -0.4 is 0 Å². The van der Waals surface area contributed by atoms with Crippen LogP contribution in [0.2, 0.25) is 0 Å². The summed E-state index contributed by atoms with van der Waals surface area (Å²) in [7, 11) is 0. The van der Waals surface area contributed by atoms with E-state index in [1.165, 1.54) is 12.8 Å². The molecule has 0 fully saturated rings. The van der Waals surface area contributed by atoms with E-state index in [-0.39, 0.29) is 0 Å². The molecule has 2 rings (SSSR count). The van der Waals surface area contributed by atoms with Crippen molar-refractivity contribution in [3.05, 3.63) is 48.1 Å². The van der Waals surface area contributed by atoms with Gasteiger partial charge in [-0.3, -0.25) is 0 Å². The van der Waals surface area contributed by atoms with Gasteiger partial charge in [-0.25, -0.2) is 0 Å². The summed E-state index contributed by atoms with van der Waals surface area (Å²) in [5, 5.41) is 0. The standard InChI is InChI=1S/C15H20.2C2H6/c1-2-3-4-8-14-11-7-12-15(14)13-9-5-6-10-13;2*1-2/h3-8,12-13,15H,2,9-11H2,1H3;2*1-2H3/b4-3-,14-8+;;. The van der Waals surface area contributed by atoms with Crippen molar-refractivity contribution in [1.82, 2.24) is 0 Å². The smallest absolute Gasteiger partial charge is 0.00173 e. The molecule has 0 aliphatic heterocycles. The predicted octanol–water partition coefficient (Wildman–Crippen LogP) is 6.47. The number of hydrogen-bond acceptors (Lipinski definition) is 0. The van der Waals surface area contributed by atoms with Crippen LogP contribution in [-0.2, 0) is 0 Å². The first-order valence-corrected chi connectivity index (χ1v) is 8.09. The Labute approximate surface area is 121 Å². The maximum absolute atomic E-state index is 2.41. The van der Waals surface area contributed by atoms with E-state index in [0.717, 1.165) is 18.8 Å². The topological polar surface area (TPSA) is 0 Å². The average Bonchev–Trinajstić information content (AvgIpc) is 3.14. The van der Waals surface area contributed by atoms with Gasteiger partial charge >= 0.3 is 0 Å². The van der Waals surface area contributed by atoms with Gasteiger partial charge in [-0.1, -0.05) is 82.7 Å². The Morgan fingerprint density at radius 3 is 2.26 bits per heavy atom. The van der Waals surface area contributed by atoms with Gasteiger partial charge in [-0.05, 0) is 31.6 Å². The first kappa shape index (κ1) is 18.0. The third kappa shape index (κ3) is 6.09. The molecule has 0 N–H and O–H groups in total. The molecular weight excluding hydrogens is 228 g/mol. The minimum absolute atomic E-state index is 0.710. The highest BCUT2D eigenvalue weighted by atomic mass is 14.3. The Kier molecular flexibility index (Phi) is 11.4. The lowest BCUT2D eigenvalue weighted by molar-refractivity contribution is 0.473. The molecule has 0 nitrogen and oxygen atoms in total. The van der Waals surface area contributed by atoms with Crippen LogP contribution >= 0.6 is 0 Å². The van der Waals surface area contributed by atoms with E-state index < -0.39 is 0 Å². The van der Waals surface area contributed by atoms with E-state index in [9.17, 15) is 0 Å². The zero-order valence-electron chi connectivity index (χ0n) is 13.5. The van der Waals surface area contributed by atoms with Crippen LogP contribution in [0, 0.1) is 11.8 Å². The molecule has 0 amide bonds. The highest BCUT2D eigenvalue weighted by molar-refractivity contribution is 5.29. The van der Waals surface area contributed by atoms with Crippen molar-refractivity contribution in [2.24, 2.45) is 11.8 Å². The Morgan fingerprint density at radius 2 is 1.68 bits per heavy atom. The van der Waals surface area contributed by atoms with Crippen molar-refractivity contribution in [3.8, 4) is 0 Å². The van der Waals surface area contributed by atoms with Crippen molar-refractivity contribution in [3.63, 3.8) is 0 Å². The third-order valence-corrected chi connectivity index (χ3v) is 3.36. The van der Waals surface area contributed by atoms with E-state index in [1.54, 1.807) is 5.57 Å². The highest BCUT2D eigenvalue weighted by Gasteiger charge is 2.25. The molecule has 0 saturated carbocycles. The summed E-state index contributed by atoms with van der Waals surface area (Å²) in [6, 6.07) is 0. The van der Waals surface area contributed by atoms with Crippen LogP contribution in [0.15, 0.2) is 48.1 Å². The van der Waals surface area contributed by atoms with Gasteiger partial charge in [-0.15, -0.1) is 0 Å². The second kappa shape index (κ2) is 12.0. The average molecular weight is 260 g/mol. The van der Waals surface area contributed by atoms with Crippen LogP contribution in [0.1, 0.15) is 60.3 Å². The largest absolute Gasteiger partial charge is 0.0882 e. The van der Waals surface area contributed by atoms with Crippen molar-refractivity contribution in [2.45, 2.75) is 60.3 Å². The van der Waals surface area contributed by atoms with Gasteiger partial charge in [0.05, 0.1) is 0 Å². The molecule has 0 saturated heterocycles. The molecule has 0 spiro atoms. The highest BCUT2D eigenvalue weighted by Crippen LogP contribution is 2.37. The summed E-state index contributed by atoms with van der Waals surface area (Å²) < 4.78 is 0. The van der Waals surface area contributed by atoms with Gasteiger partial charge in [0, 0.05) is 5.92 Å². The Balaban J connectivity index is 0.000000741. The van der Waals surface area contributed by atoms with E-state index in [0.29, 0.717) is 5.92 Å². The van der Waals surface area contributed by atoms with Crippen molar-refractivity contribution < 1.29 is 0 Å². The molecule has 0 aromatic rings. The molecule has 19 heavy (non-hydrogen) atoms. The van der Waals surface area contributed by atoms with E-state index in [1.807, 2.05) is 27.7 Å². The van der Waals surface area contributed by atoms with Crippen molar-refractivity contribution in [2.75, 3.05) is 0 Å². The predicted molar refractivity (Wildman–Crippen MR) is 89.3 cm³/mol. The van der Waals surface area contributed by atoms with Crippen LogP contribution in [0.5, 0.6) is 0 Å². The summed E-state index contributed by atoms with van der Waals surface area (Å²) >= 11 is 0. The van der Waals surface area contributed by atoms with E-state index >= 15 is 0 Å². The zero-order chi connectivity index (χ0) is 14.5. The van der Waals surface area contributed by atoms with Crippen molar-refractivity contribution >= 4 is 0 Å². The summed E-state index contributed by atoms with van der Waals surface area (Å²) in [6.07, 6.45) is 21.0. The van der Waals surface area contributed by atoms with Gasteiger partial charge in [0.15, 0.2) is 0 Å². The van der Waals surface area contributed by atoms with Crippen LogP contribution in [-0.4, -0.2) is 0 Å². The molecule has 1 unspecified atom stereocenters. The quantitative estimate of drug-likeness (QED) is 0.510. The molecule has 2 aliphatic rings. The molecule has 0 aromatic carbocycles. The van der Waals surface area contributed by atoms with Gasteiger partial charge in [0.2, 0.25) is 0 Å². The minimum atomic E-state index is 0.710. The first-order valence-electron chi connectivity index (χ1n) is 8.09. The van der Waals surface area contributed by atoms with Gasteiger partial charge in [0.25, 0.3) is 0 Å². The molecule has 0 heterocycles. The first-order chi connectivity index (χ1) is 9.42. The fraction of sp³-hybridized carbons (Fsp3) is 0.579. The van der Waals surface area contributed by atoms with E-state index in [2.05, 4.69) is 49.5 Å². The third-order valence-electron chi connectivity index (χ3n) is 3.36. The number of hydrogen-bond donors (Lipinski definition) is 0. The Hall–Kier alpha value is -1.04. The fourth-order valence-corrected chi connectivity index (χ4v) is 2.51. The minimum Gasteiger partial charge on any atom is -0.0882 e. The summed E-state index contributed by atoms with van der Waals surface area (Å²) in [5.41, 5.74) is 1.61. The van der Waals surface area contributed by atoms with Crippen LogP contribution in [0.3, 0.4) is 0 Å². The molecule has 0 aromatic heterocycles. The summed E-state index contributed by atoms with van der Waals surface area (Å²) in [4.78, 5) is 0. The fourth-order valence-electron chi connectivity index (χ4n) is 2.51. The Bertz CT molecular complexity index is 307. The lowest BCUT2D eigenvalue weighted by atomic mass is 9.86. The maximum Gasteiger partial charge on any atom is 0.00173 e. The number of allylic oxidation sites excluding steroid dienone is 8. The molecule has 108 valence electrons. The van der Waals surface area contributed by atoms with E-state index in [4.69, 9.17) is 0 Å². The number of rotatable bonds is 3. The van der Waals surface area contributed by atoms with Crippen LogP contribution in [0.25, 0.3) is 0 Å². The lowest BCUT2D eigenvalue weighted by Crippen LogP contribution is -2.08. The van der Waals surface area contributed by atoms with Gasteiger partial charge in [0.1, 0.15) is 0 Å². The summed E-state index contributed by atoms with van der Waals surface area (Å²) in [5.74, 6) is 1.55.